The molecular formula is C13H20N2OS. The van der Waals surface area contributed by atoms with E-state index < -0.39 is 0 Å². The van der Waals surface area contributed by atoms with Crippen molar-refractivity contribution in [2.45, 2.75) is 32.7 Å². The summed E-state index contributed by atoms with van der Waals surface area (Å²) in [6.07, 6.45) is 3.04. The van der Waals surface area contributed by atoms with E-state index in [2.05, 4.69) is 29.7 Å². The van der Waals surface area contributed by atoms with Crippen molar-refractivity contribution in [1.29, 1.82) is 0 Å². The second-order valence-corrected chi connectivity index (χ2v) is 6.08. The van der Waals surface area contributed by atoms with Crippen molar-refractivity contribution in [3.8, 4) is 0 Å². The maximum Gasteiger partial charge on any atom is 0.220 e. The van der Waals surface area contributed by atoms with Gasteiger partial charge < -0.3 is 10.6 Å². The molecule has 1 aliphatic rings. The van der Waals surface area contributed by atoms with Gasteiger partial charge in [0.05, 0.1) is 6.54 Å². The predicted octanol–water partition coefficient (Wildman–Crippen LogP) is 2.06. The monoisotopic (exact) mass is 252 g/mol. The van der Waals surface area contributed by atoms with Gasteiger partial charge in [0, 0.05) is 16.2 Å². The highest BCUT2D eigenvalue weighted by molar-refractivity contribution is 7.11. The highest BCUT2D eigenvalue weighted by atomic mass is 32.1. The molecular weight excluding hydrogens is 232 g/mol. The molecule has 94 valence electrons. The fourth-order valence-electron chi connectivity index (χ4n) is 2.20. The van der Waals surface area contributed by atoms with E-state index in [9.17, 15) is 4.79 Å². The molecule has 1 aromatic rings. The van der Waals surface area contributed by atoms with Crippen LogP contribution in [0.1, 0.15) is 29.0 Å². The second-order valence-electron chi connectivity index (χ2n) is 4.71. The lowest BCUT2D eigenvalue weighted by Gasteiger charge is -2.21. The van der Waals surface area contributed by atoms with Gasteiger partial charge >= 0.3 is 0 Å². The Morgan fingerprint density at radius 2 is 2.47 bits per heavy atom. The van der Waals surface area contributed by atoms with Gasteiger partial charge in [0.25, 0.3) is 0 Å². The minimum absolute atomic E-state index is 0.185. The van der Waals surface area contributed by atoms with Gasteiger partial charge in [-0.3, -0.25) is 4.79 Å². The number of piperidine rings is 1. The number of amides is 1. The minimum atomic E-state index is 0.185. The topological polar surface area (TPSA) is 41.1 Å². The van der Waals surface area contributed by atoms with E-state index in [-0.39, 0.29) is 5.91 Å². The Morgan fingerprint density at radius 1 is 1.59 bits per heavy atom. The Labute approximate surface area is 107 Å². The molecule has 2 N–H and O–H groups in total. The molecule has 0 saturated carbocycles. The first-order valence-electron chi connectivity index (χ1n) is 6.27. The van der Waals surface area contributed by atoms with Gasteiger partial charge in [-0.25, -0.2) is 0 Å². The largest absolute Gasteiger partial charge is 0.351 e. The van der Waals surface area contributed by atoms with Crippen LogP contribution in [-0.4, -0.2) is 19.0 Å². The van der Waals surface area contributed by atoms with Gasteiger partial charge in [0.1, 0.15) is 0 Å². The van der Waals surface area contributed by atoms with Gasteiger partial charge in [0.2, 0.25) is 5.91 Å². The molecule has 0 spiro atoms. The third kappa shape index (κ3) is 4.13. The summed E-state index contributed by atoms with van der Waals surface area (Å²) in [6, 6.07) is 4.18. The van der Waals surface area contributed by atoms with E-state index in [0.29, 0.717) is 18.9 Å². The normalized spacial score (nSPS) is 20.2. The Balaban J connectivity index is 1.70. The summed E-state index contributed by atoms with van der Waals surface area (Å²) in [4.78, 5) is 14.3. The molecule has 1 amide bonds. The molecule has 0 aliphatic carbocycles. The standard InChI is InChI=1S/C13H20N2OS/c1-10-4-5-12(17-10)9-15-13(16)7-11-3-2-6-14-8-11/h4-5,11,14H,2-3,6-9H2,1H3,(H,15,16). The molecule has 0 aromatic carbocycles. The molecule has 0 radical (unpaired) electrons. The lowest BCUT2D eigenvalue weighted by atomic mass is 9.96. The second kappa shape index (κ2) is 6.17. The van der Waals surface area contributed by atoms with Crippen LogP contribution in [0, 0.1) is 12.8 Å². The van der Waals surface area contributed by atoms with Gasteiger partial charge in [-0.15, -0.1) is 11.3 Å². The van der Waals surface area contributed by atoms with Gasteiger partial charge in [0.15, 0.2) is 0 Å². The first-order valence-corrected chi connectivity index (χ1v) is 7.08. The molecule has 2 rings (SSSR count). The molecule has 1 aromatic heterocycles. The van der Waals surface area contributed by atoms with Crippen molar-refractivity contribution in [3.63, 3.8) is 0 Å². The van der Waals surface area contributed by atoms with Crippen LogP contribution in [0.25, 0.3) is 0 Å². The van der Waals surface area contributed by atoms with Crippen molar-refractivity contribution >= 4 is 17.2 Å². The highest BCUT2D eigenvalue weighted by Crippen LogP contribution is 2.16. The number of rotatable bonds is 4. The van der Waals surface area contributed by atoms with E-state index in [4.69, 9.17) is 0 Å². The molecule has 1 fully saturated rings. The van der Waals surface area contributed by atoms with Crippen LogP contribution in [0.5, 0.6) is 0 Å². The first-order chi connectivity index (χ1) is 8.24. The maximum absolute atomic E-state index is 11.8. The highest BCUT2D eigenvalue weighted by Gasteiger charge is 2.16. The summed E-state index contributed by atoms with van der Waals surface area (Å²) in [7, 11) is 0. The van der Waals surface area contributed by atoms with Crippen molar-refractivity contribution in [2.75, 3.05) is 13.1 Å². The van der Waals surface area contributed by atoms with Crippen LogP contribution in [0.4, 0.5) is 0 Å². The Kier molecular flexibility index (Phi) is 4.57. The van der Waals surface area contributed by atoms with Crippen molar-refractivity contribution in [1.82, 2.24) is 10.6 Å². The first kappa shape index (κ1) is 12.6. The number of nitrogens with one attached hydrogen (secondary N) is 2. The quantitative estimate of drug-likeness (QED) is 0.861. The van der Waals surface area contributed by atoms with Crippen molar-refractivity contribution < 1.29 is 4.79 Å². The van der Waals surface area contributed by atoms with E-state index in [1.807, 2.05) is 0 Å². The summed E-state index contributed by atoms with van der Waals surface area (Å²) >= 11 is 1.75. The minimum Gasteiger partial charge on any atom is -0.351 e. The average Bonchev–Trinajstić information content (AvgIpc) is 2.74. The van der Waals surface area contributed by atoms with Gasteiger partial charge in [-0.05, 0) is 50.9 Å². The SMILES string of the molecule is Cc1ccc(CNC(=O)CC2CCCNC2)s1. The number of carbonyl (C=O) groups excluding carboxylic acids is 1. The zero-order chi connectivity index (χ0) is 12.1. The third-order valence-corrected chi connectivity index (χ3v) is 4.13. The number of thiophene rings is 1. The number of carbonyl (C=O) groups is 1. The number of hydrogen-bond donors (Lipinski definition) is 2. The van der Waals surface area contributed by atoms with Gasteiger partial charge in [-0.1, -0.05) is 0 Å². The van der Waals surface area contributed by atoms with Crippen LogP contribution in [0.3, 0.4) is 0 Å². The van der Waals surface area contributed by atoms with E-state index >= 15 is 0 Å². The molecule has 1 saturated heterocycles. The molecule has 3 nitrogen and oxygen atoms in total. The molecule has 0 bridgehead atoms. The van der Waals surface area contributed by atoms with Crippen LogP contribution in [-0.2, 0) is 11.3 Å². The number of hydrogen-bond acceptors (Lipinski definition) is 3. The van der Waals surface area contributed by atoms with E-state index in [1.165, 1.54) is 22.6 Å². The molecule has 1 aliphatic heterocycles. The zero-order valence-electron chi connectivity index (χ0n) is 10.3. The Hall–Kier alpha value is -0.870. The predicted molar refractivity (Wildman–Crippen MR) is 71.1 cm³/mol. The summed E-state index contributed by atoms with van der Waals surface area (Å²) in [5, 5.41) is 6.34. The van der Waals surface area contributed by atoms with Crippen LogP contribution < -0.4 is 10.6 Å². The summed E-state index contributed by atoms with van der Waals surface area (Å²) in [6.45, 7) is 4.86. The summed E-state index contributed by atoms with van der Waals surface area (Å²) < 4.78 is 0. The Bertz CT molecular complexity index is 369. The summed E-state index contributed by atoms with van der Waals surface area (Å²) in [5.74, 6) is 0.707. The molecule has 2 heterocycles. The molecule has 4 heteroatoms. The molecule has 17 heavy (non-hydrogen) atoms. The van der Waals surface area contributed by atoms with Crippen LogP contribution >= 0.6 is 11.3 Å². The Morgan fingerprint density at radius 3 is 3.12 bits per heavy atom. The molecule has 1 atom stereocenters. The molecule has 1 unspecified atom stereocenters. The smallest absolute Gasteiger partial charge is 0.220 e. The third-order valence-electron chi connectivity index (χ3n) is 3.13. The lowest BCUT2D eigenvalue weighted by Crippen LogP contribution is -2.33. The van der Waals surface area contributed by atoms with E-state index in [1.54, 1.807) is 11.3 Å². The fraction of sp³-hybridized carbons (Fsp3) is 0.615. The van der Waals surface area contributed by atoms with E-state index in [0.717, 1.165) is 13.1 Å². The average molecular weight is 252 g/mol. The maximum atomic E-state index is 11.8. The lowest BCUT2D eigenvalue weighted by molar-refractivity contribution is -0.122. The fourth-order valence-corrected chi connectivity index (χ4v) is 3.03. The zero-order valence-corrected chi connectivity index (χ0v) is 11.1. The van der Waals surface area contributed by atoms with Crippen LogP contribution in [0.15, 0.2) is 12.1 Å². The van der Waals surface area contributed by atoms with Crippen LogP contribution in [0.2, 0.25) is 0 Å². The van der Waals surface area contributed by atoms with Gasteiger partial charge in [-0.2, -0.15) is 0 Å². The van der Waals surface area contributed by atoms with Crippen molar-refractivity contribution in [3.05, 3.63) is 21.9 Å². The summed E-state index contributed by atoms with van der Waals surface area (Å²) in [5.41, 5.74) is 0. The van der Waals surface area contributed by atoms with Crippen molar-refractivity contribution in [2.24, 2.45) is 5.92 Å². The number of aryl methyl sites for hydroxylation is 1.